The van der Waals surface area contributed by atoms with Crippen molar-refractivity contribution in [3.8, 4) is 0 Å². The Labute approximate surface area is 156 Å². The summed E-state index contributed by atoms with van der Waals surface area (Å²) in [5.41, 5.74) is 2.41. The molecule has 2 aromatic carbocycles. The summed E-state index contributed by atoms with van der Waals surface area (Å²) in [5.74, 6) is -1.58. The third-order valence-electron chi connectivity index (χ3n) is 4.63. The van der Waals surface area contributed by atoms with E-state index in [0.717, 1.165) is 11.1 Å². The molecule has 1 aliphatic heterocycles. The predicted octanol–water partition coefficient (Wildman–Crippen LogP) is 4.37. The van der Waals surface area contributed by atoms with E-state index in [9.17, 15) is 14.7 Å². The maximum absolute atomic E-state index is 13.0. The summed E-state index contributed by atoms with van der Waals surface area (Å²) in [6, 6.07) is 18.9. The van der Waals surface area contributed by atoms with E-state index in [-0.39, 0.29) is 11.3 Å². The quantitative estimate of drug-likeness (QED) is 0.702. The Morgan fingerprint density at radius 2 is 1.70 bits per heavy atom. The zero-order chi connectivity index (χ0) is 19.0. The number of anilines is 1. The summed E-state index contributed by atoms with van der Waals surface area (Å²) in [7, 11) is 0. The topological polar surface area (TPSA) is 70.7 Å². The van der Waals surface area contributed by atoms with Gasteiger partial charge in [0, 0.05) is 5.69 Å². The van der Waals surface area contributed by atoms with Gasteiger partial charge in [-0.25, -0.2) is 0 Å². The number of amides is 1. The molecule has 0 radical (unpaired) electrons. The Morgan fingerprint density at radius 3 is 2.33 bits per heavy atom. The lowest BCUT2D eigenvalue weighted by Crippen LogP contribution is -2.31. The molecule has 0 aliphatic carbocycles. The smallest absolute Gasteiger partial charge is 0.294 e. The van der Waals surface area contributed by atoms with Gasteiger partial charge in [-0.2, -0.15) is 0 Å². The Bertz CT molecular complexity index is 1020. The van der Waals surface area contributed by atoms with Gasteiger partial charge in [0.15, 0.2) is 11.5 Å². The number of carbonyl (C=O) groups excluding carboxylic acids is 2. The number of hydrogen-bond acceptors (Lipinski definition) is 4. The highest BCUT2D eigenvalue weighted by Gasteiger charge is 2.45. The average molecular weight is 359 g/mol. The second kappa shape index (κ2) is 6.61. The van der Waals surface area contributed by atoms with Gasteiger partial charge >= 0.3 is 0 Å². The molecule has 3 aromatic rings. The minimum atomic E-state index is -0.738. The molecule has 4 rings (SSSR count). The number of aliphatic hydroxyl groups is 1. The Balaban J connectivity index is 1.88. The van der Waals surface area contributed by atoms with Gasteiger partial charge in [0.2, 0.25) is 5.78 Å². The third kappa shape index (κ3) is 2.83. The van der Waals surface area contributed by atoms with Crippen molar-refractivity contribution in [3.63, 3.8) is 0 Å². The number of furan rings is 1. The molecule has 2 heterocycles. The van der Waals surface area contributed by atoms with E-state index in [1.807, 2.05) is 37.3 Å². The molecule has 0 fully saturated rings. The zero-order valence-electron chi connectivity index (χ0n) is 14.6. The molecule has 0 saturated heterocycles. The van der Waals surface area contributed by atoms with Gasteiger partial charge in [0.1, 0.15) is 0 Å². The van der Waals surface area contributed by atoms with Crippen LogP contribution in [0, 0.1) is 6.92 Å². The fraction of sp³-hybridized carbons (Fsp3) is 0.0909. The molecule has 1 aliphatic rings. The van der Waals surface area contributed by atoms with Gasteiger partial charge in [-0.3, -0.25) is 14.5 Å². The number of carbonyl (C=O) groups is 2. The van der Waals surface area contributed by atoms with Crippen molar-refractivity contribution in [2.75, 3.05) is 4.90 Å². The highest BCUT2D eigenvalue weighted by Crippen LogP contribution is 2.41. The molecular formula is C22H17NO4. The summed E-state index contributed by atoms with van der Waals surface area (Å²) < 4.78 is 5.21. The zero-order valence-corrected chi connectivity index (χ0v) is 14.6. The number of Topliss-reactive ketones (excluding diaryl/α,β-unsaturated/α-hetero) is 1. The summed E-state index contributed by atoms with van der Waals surface area (Å²) in [5, 5.41) is 10.6. The number of aryl methyl sites for hydroxylation is 1. The molecule has 5 heteroatoms. The predicted molar refractivity (Wildman–Crippen MR) is 101 cm³/mol. The van der Waals surface area contributed by atoms with Crippen molar-refractivity contribution < 1.29 is 19.1 Å². The Hall–Kier alpha value is -3.60. The normalized spacial score (nSPS) is 16.9. The van der Waals surface area contributed by atoms with Crippen molar-refractivity contribution in [1.82, 2.24) is 0 Å². The van der Waals surface area contributed by atoms with Crippen LogP contribution in [0.1, 0.15) is 27.7 Å². The lowest BCUT2D eigenvalue weighted by atomic mass is 9.94. The van der Waals surface area contributed by atoms with E-state index in [1.54, 1.807) is 30.3 Å². The van der Waals surface area contributed by atoms with Crippen molar-refractivity contribution in [3.05, 3.63) is 101 Å². The summed E-state index contributed by atoms with van der Waals surface area (Å²) in [6.45, 7) is 1.96. The van der Waals surface area contributed by atoms with Crippen LogP contribution in [-0.2, 0) is 4.79 Å². The molecule has 5 nitrogen and oxygen atoms in total. The van der Waals surface area contributed by atoms with Crippen LogP contribution in [0.15, 0.2) is 88.7 Å². The molecular weight excluding hydrogens is 342 g/mol. The third-order valence-corrected chi connectivity index (χ3v) is 4.63. The van der Waals surface area contributed by atoms with E-state index < -0.39 is 23.5 Å². The van der Waals surface area contributed by atoms with E-state index >= 15 is 0 Å². The van der Waals surface area contributed by atoms with Crippen LogP contribution in [0.4, 0.5) is 5.69 Å². The molecule has 0 unspecified atom stereocenters. The molecule has 1 atom stereocenters. The maximum atomic E-state index is 13.0. The van der Waals surface area contributed by atoms with Crippen LogP contribution in [0.5, 0.6) is 0 Å². The van der Waals surface area contributed by atoms with Crippen molar-refractivity contribution in [2.24, 2.45) is 0 Å². The number of benzene rings is 2. The first-order valence-electron chi connectivity index (χ1n) is 8.54. The number of aliphatic hydroxyl groups excluding tert-OH is 1. The minimum absolute atomic E-state index is 0.0163. The van der Waals surface area contributed by atoms with Crippen molar-refractivity contribution >= 4 is 17.4 Å². The first-order chi connectivity index (χ1) is 13.1. The summed E-state index contributed by atoms with van der Waals surface area (Å²) in [6.07, 6.45) is 1.39. The second-order valence-electron chi connectivity index (χ2n) is 6.39. The molecule has 0 spiro atoms. The fourth-order valence-corrected chi connectivity index (χ4v) is 3.30. The van der Waals surface area contributed by atoms with Crippen molar-refractivity contribution in [2.45, 2.75) is 13.0 Å². The number of nitrogens with zero attached hydrogens (tertiary/aromatic N) is 1. The standard InChI is InChI=1S/C22H17NO4/c1-14-9-11-15(12-10-14)19-18(20(24)17-8-5-13-27-17)21(25)22(26)23(19)16-6-3-2-4-7-16/h2-13,19,25H,1H3/t19-/m0/s1. The van der Waals surface area contributed by atoms with Gasteiger partial charge in [0.05, 0.1) is 17.9 Å². The molecule has 1 N–H and O–H groups in total. The maximum Gasteiger partial charge on any atom is 0.294 e. The van der Waals surface area contributed by atoms with Gasteiger partial charge in [-0.1, -0.05) is 48.0 Å². The van der Waals surface area contributed by atoms with Crippen LogP contribution in [0.2, 0.25) is 0 Å². The monoisotopic (exact) mass is 359 g/mol. The second-order valence-corrected chi connectivity index (χ2v) is 6.39. The number of para-hydroxylation sites is 1. The number of hydrogen-bond donors (Lipinski definition) is 1. The average Bonchev–Trinajstić information content (AvgIpc) is 3.31. The van der Waals surface area contributed by atoms with Crippen LogP contribution >= 0.6 is 0 Å². The SMILES string of the molecule is Cc1ccc([C@H]2C(C(=O)c3ccco3)=C(O)C(=O)N2c2ccccc2)cc1. The van der Waals surface area contributed by atoms with Crippen LogP contribution in [0.3, 0.4) is 0 Å². The van der Waals surface area contributed by atoms with E-state index in [1.165, 1.54) is 17.2 Å². The van der Waals surface area contributed by atoms with E-state index in [4.69, 9.17) is 4.42 Å². The Morgan fingerprint density at radius 1 is 1.00 bits per heavy atom. The first kappa shape index (κ1) is 16.8. The first-order valence-corrected chi connectivity index (χ1v) is 8.54. The molecule has 1 aromatic heterocycles. The van der Waals surface area contributed by atoms with Gasteiger partial charge < -0.3 is 9.52 Å². The van der Waals surface area contributed by atoms with E-state index in [2.05, 4.69) is 0 Å². The van der Waals surface area contributed by atoms with Gasteiger partial charge in [0.25, 0.3) is 5.91 Å². The molecule has 1 amide bonds. The van der Waals surface area contributed by atoms with Crippen molar-refractivity contribution in [1.29, 1.82) is 0 Å². The van der Waals surface area contributed by atoms with Gasteiger partial charge in [-0.05, 0) is 36.8 Å². The highest BCUT2D eigenvalue weighted by molar-refractivity contribution is 6.20. The van der Waals surface area contributed by atoms with Gasteiger partial charge in [-0.15, -0.1) is 0 Å². The largest absolute Gasteiger partial charge is 0.503 e. The molecule has 134 valence electrons. The number of rotatable bonds is 4. The van der Waals surface area contributed by atoms with Crippen LogP contribution in [0.25, 0.3) is 0 Å². The van der Waals surface area contributed by atoms with Crippen LogP contribution < -0.4 is 4.90 Å². The summed E-state index contributed by atoms with van der Waals surface area (Å²) >= 11 is 0. The molecule has 0 saturated carbocycles. The lowest BCUT2D eigenvalue weighted by molar-refractivity contribution is -0.117. The Kier molecular flexibility index (Phi) is 4.12. The summed E-state index contributed by atoms with van der Waals surface area (Å²) in [4.78, 5) is 27.3. The lowest BCUT2D eigenvalue weighted by Gasteiger charge is -2.26. The van der Waals surface area contributed by atoms with Crippen LogP contribution in [-0.4, -0.2) is 16.8 Å². The molecule has 0 bridgehead atoms. The highest BCUT2D eigenvalue weighted by atomic mass is 16.3. The molecule has 27 heavy (non-hydrogen) atoms. The number of ketones is 1. The van der Waals surface area contributed by atoms with E-state index in [0.29, 0.717) is 5.69 Å². The fourth-order valence-electron chi connectivity index (χ4n) is 3.30. The minimum Gasteiger partial charge on any atom is -0.503 e.